The van der Waals surface area contributed by atoms with Crippen LogP contribution in [0.1, 0.15) is 17.3 Å². The maximum absolute atomic E-state index is 6.06. The minimum absolute atomic E-state index is 0.394. The number of rotatable bonds is 2. The Morgan fingerprint density at radius 3 is 2.69 bits per heavy atom. The fourth-order valence-corrected chi connectivity index (χ4v) is 1.81. The quantitative estimate of drug-likeness (QED) is 0.896. The first-order chi connectivity index (χ1) is 7.68. The molecule has 1 aromatic carbocycles. The molecule has 2 rings (SSSR count). The molecule has 1 unspecified atom stereocenters. The van der Waals surface area contributed by atoms with Crippen molar-refractivity contribution in [3.05, 3.63) is 58.1 Å². The van der Waals surface area contributed by atoms with Gasteiger partial charge in [-0.3, -0.25) is 0 Å². The lowest BCUT2D eigenvalue weighted by Gasteiger charge is -2.13. The fourth-order valence-electron chi connectivity index (χ4n) is 1.40. The second-order valence-electron chi connectivity index (χ2n) is 3.28. The van der Waals surface area contributed by atoms with Crippen molar-refractivity contribution in [1.29, 1.82) is 0 Å². The van der Waals surface area contributed by atoms with Gasteiger partial charge in [0.2, 0.25) is 0 Å². The topological polar surface area (TPSA) is 51.8 Å². The van der Waals surface area contributed by atoms with Crippen LogP contribution in [0.5, 0.6) is 0 Å². The molecule has 0 aliphatic rings. The van der Waals surface area contributed by atoms with Crippen molar-refractivity contribution in [1.82, 2.24) is 9.97 Å². The van der Waals surface area contributed by atoms with Crippen LogP contribution >= 0.6 is 23.2 Å². The second kappa shape index (κ2) is 4.78. The van der Waals surface area contributed by atoms with Crippen LogP contribution in [-0.4, -0.2) is 9.97 Å². The summed E-state index contributed by atoms with van der Waals surface area (Å²) in [6.07, 6.45) is 3.09. The summed E-state index contributed by atoms with van der Waals surface area (Å²) < 4.78 is 0. The van der Waals surface area contributed by atoms with E-state index in [0.717, 1.165) is 5.56 Å². The maximum Gasteiger partial charge on any atom is 0.115 e. The zero-order chi connectivity index (χ0) is 11.5. The lowest BCUT2D eigenvalue weighted by atomic mass is 10.0. The summed E-state index contributed by atoms with van der Waals surface area (Å²) in [6, 6.07) is 6.55. The molecule has 0 saturated carbocycles. The highest BCUT2D eigenvalue weighted by atomic mass is 35.5. The van der Waals surface area contributed by atoms with E-state index < -0.39 is 6.04 Å². The molecule has 5 heteroatoms. The monoisotopic (exact) mass is 253 g/mol. The molecule has 0 radical (unpaired) electrons. The van der Waals surface area contributed by atoms with Crippen LogP contribution in [0.15, 0.2) is 36.8 Å². The Labute approximate surface area is 103 Å². The molecule has 82 valence electrons. The number of hydrogen-bond donors (Lipinski definition) is 1. The number of hydrogen-bond acceptors (Lipinski definition) is 3. The molecule has 0 saturated heterocycles. The average molecular weight is 254 g/mol. The van der Waals surface area contributed by atoms with Crippen molar-refractivity contribution in [2.75, 3.05) is 0 Å². The summed E-state index contributed by atoms with van der Waals surface area (Å²) in [5.41, 5.74) is 7.52. The highest BCUT2D eigenvalue weighted by molar-refractivity contribution is 6.33. The number of halogens is 2. The van der Waals surface area contributed by atoms with Crippen molar-refractivity contribution in [2.45, 2.75) is 6.04 Å². The lowest BCUT2D eigenvalue weighted by molar-refractivity contribution is 0.820. The Morgan fingerprint density at radius 1 is 1.19 bits per heavy atom. The molecular formula is C11H9Cl2N3. The molecule has 0 aliphatic heterocycles. The van der Waals surface area contributed by atoms with Crippen LogP contribution in [0.3, 0.4) is 0 Å². The molecule has 1 aromatic heterocycles. The van der Waals surface area contributed by atoms with Crippen LogP contribution in [0.4, 0.5) is 0 Å². The summed E-state index contributed by atoms with van der Waals surface area (Å²) in [6.45, 7) is 0. The Balaban J connectivity index is 2.41. The van der Waals surface area contributed by atoms with E-state index in [-0.39, 0.29) is 0 Å². The summed E-state index contributed by atoms with van der Waals surface area (Å²) in [7, 11) is 0. The Kier molecular flexibility index (Phi) is 3.39. The third-order valence-electron chi connectivity index (χ3n) is 2.22. The number of nitrogens with zero attached hydrogens (tertiary/aromatic N) is 2. The smallest absolute Gasteiger partial charge is 0.115 e. The van der Waals surface area contributed by atoms with Gasteiger partial charge in [0.25, 0.3) is 0 Å². The van der Waals surface area contributed by atoms with Crippen LogP contribution in [0.25, 0.3) is 0 Å². The Hall–Kier alpha value is -1.16. The van der Waals surface area contributed by atoms with Gasteiger partial charge in [-0.05, 0) is 29.8 Å². The van der Waals surface area contributed by atoms with Crippen LogP contribution in [0.2, 0.25) is 10.0 Å². The van der Waals surface area contributed by atoms with E-state index in [4.69, 9.17) is 28.9 Å². The molecule has 16 heavy (non-hydrogen) atoms. The zero-order valence-electron chi connectivity index (χ0n) is 8.27. The third-order valence-corrected chi connectivity index (χ3v) is 2.80. The van der Waals surface area contributed by atoms with Crippen molar-refractivity contribution < 1.29 is 0 Å². The van der Waals surface area contributed by atoms with Gasteiger partial charge in [-0.2, -0.15) is 0 Å². The van der Waals surface area contributed by atoms with Crippen molar-refractivity contribution in [3.63, 3.8) is 0 Å². The number of benzene rings is 1. The van der Waals surface area contributed by atoms with Crippen molar-refractivity contribution in [3.8, 4) is 0 Å². The van der Waals surface area contributed by atoms with Crippen LogP contribution < -0.4 is 5.73 Å². The van der Waals surface area contributed by atoms with Gasteiger partial charge in [-0.1, -0.05) is 23.2 Å². The highest BCUT2D eigenvalue weighted by Crippen LogP contribution is 2.27. The third kappa shape index (κ3) is 2.32. The van der Waals surface area contributed by atoms with Gasteiger partial charge in [0.1, 0.15) is 6.33 Å². The molecule has 1 heterocycles. The summed E-state index contributed by atoms with van der Waals surface area (Å²) in [5.74, 6) is 0. The first-order valence-electron chi connectivity index (χ1n) is 4.65. The van der Waals surface area contributed by atoms with E-state index in [1.807, 2.05) is 0 Å². The van der Waals surface area contributed by atoms with E-state index in [9.17, 15) is 0 Å². The van der Waals surface area contributed by atoms with Gasteiger partial charge in [-0.25, -0.2) is 9.97 Å². The number of nitrogens with two attached hydrogens (primary N) is 1. The van der Waals surface area contributed by atoms with E-state index >= 15 is 0 Å². The minimum atomic E-state index is -0.394. The molecular weight excluding hydrogens is 245 g/mol. The fraction of sp³-hybridized carbons (Fsp3) is 0.0909. The summed E-state index contributed by atoms with van der Waals surface area (Å²) in [4.78, 5) is 7.92. The van der Waals surface area contributed by atoms with E-state index in [1.54, 1.807) is 30.5 Å². The standard InChI is InChI=1S/C11H9Cl2N3/c12-7-1-2-9(13)8(5-7)11(14)10-3-4-15-6-16-10/h1-6,11H,14H2. The van der Waals surface area contributed by atoms with Gasteiger partial charge >= 0.3 is 0 Å². The predicted octanol–water partition coefficient (Wildman–Crippen LogP) is 2.83. The zero-order valence-corrected chi connectivity index (χ0v) is 9.78. The van der Waals surface area contributed by atoms with E-state index in [1.165, 1.54) is 6.33 Å². The van der Waals surface area contributed by atoms with Gasteiger partial charge < -0.3 is 5.73 Å². The molecule has 1 atom stereocenters. The second-order valence-corrected chi connectivity index (χ2v) is 4.12. The molecule has 0 spiro atoms. The SMILES string of the molecule is NC(c1ccncn1)c1cc(Cl)ccc1Cl. The molecule has 0 amide bonds. The molecule has 2 aromatic rings. The summed E-state index contributed by atoms with van der Waals surface area (Å²) in [5, 5.41) is 1.18. The molecule has 0 aliphatic carbocycles. The lowest BCUT2D eigenvalue weighted by Crippen LogP contribution is -2.14. The highest BCUT2D eigenvalue weighted by Gasteiger charge is 2.13. The first-order valence-corrected chi connectivity index (χ1v) is 5.40. The Bertz CT molecular complexity index is 488. The van der Waals surface area contributed by atoms with Crippen LogP contribution in [0, 0.1) is 0 Å². The van der Waals surface area contributed by atoms with Gasteiger partial charge in [0.05, 0.1) is 11.7 Å². The normalized spacial score (nSPS) is 12.4. The molecule has 0 fully saturated rings. The molecule has 3 nitrogen and oxygen atoms in total. The van der Waals surface area contributed by atoms with Crippen molar-refractivity contribution >= 4 is 23.2 Å². The van der Waals surface area contributed by atoms with Crippen LogP contribution in [-0.2, 0) is 0 Å². The molecule has 2 N–H and O–H groups in total. The summed E-state index contributed by atoms with van der Waals surface area (Å²) >= 11 is 12.0. The maximum atomic E-state index is 6.06. The van der Waals surface area contributed by atoms with E-state index in [0.29, 0.717) is 15.7 Å². The first kappa shape index (κ1) is 11.3. The van der Waals surface area contributed by atoms with Gasteiger partial charge in [0.15, 0.2) is 0 Å². The van der Waals surface area contributed by atoms with Crippen molar-refractivity contribution in [2.24, 2.45) is 5.73 Å². The van der Waals surface area contributed by atoms with E-state index in [2.05, 4.69) is 9.97 Å². The average Bonchev–Trinajstić information content (AvgIpc) is 2.32. The van der Waals surface area contributed by atoms with Gasteiger partial charge in [-0.15, -0.1) is 0 Å². The minimum Gasteiger partial charge on any atom is -0.319 e. The molecule has 0 bridgehead atoms. The van der Waals surface area contributed by atoms with Gasteiger partial charge in [0, 0.05) is 16.2 Å². The predicted molar refractivity (Wildman–Crippen MR) is 64.5 cm³/mol. The largest absolute Gasteiger partial charge is 0.319 e. The Morgan fingerprint density at radius 2 is 2.00 bits per heavy atom. The number of aromatic nitrogens is 2.